The van der Waals surface area contributed by atoms with Gasteiger partial charge in [-0.25, -0.2) is 18.4 Å². The maximum atomic E-state index is 13.3. The predicted molar refractivity (Wildman–Crippen MR) is 99.0 cm³/mol. The zero-order valence-corrected chi connectivity index (χ0v) is 15.0. The smallest absolute Gasteiger partial charge is 0.273 e. The van der Waals surface area contributed by atoms with E-state index in [0.717, 1.165) is 22.9 Å². The maximum Gasteiger partial charge on any atom is 0.280 e. The molecule has 0 aliphatic rings. The second-order valence-electron chi connectivity index (χ2n) is 6.77. The lowest BCUT2D eigenvalue weighted by molar-refractivity contribution is -0.116. The molecule has 140 valence electrons. The van der Waals surface area contributed by atoms with Crippen molar-refractivity contribution in [3.63, 3.8) is 0 Å². The van der Waals surface area contributed by atoms with Crippen molar-refractivity contribution in [1.29, 1.82) is 0 Å². The molecule has 1 heterocycles. The van der Waals surface area contributed by atoms with E-state index in [0.29, 0.717) is 23.1 Å². The average molecular weight is 371 g/mol. The van der Waals surface area contributed by atoms with Crippen molar-refractivity contribution in [2.75, 3.05) is 5.43 Å². The van der Waals surface area contributed by atoms with Crippen LogP contribution in [0.25, 0.3) is 10.9 Å². The second kappa shape index (κ2) is 7.65. The van der Waals surface area contributed by atoms with Gasteiger partial charge in [-0.15, -0.1) is 0 Å². The first-order chi connectivity index (χ1) is 12.8. The molecule has 0 bridgehead atoms. The standard InChI is InChI=1S/C20H19F2N3O2/c1-12(2)7-18-23-17-6-4-3-5-16(17)20(27)25(18)24-19(26)10-13-8-14(21)11-15(22)9-13/h3-6,8-9,11-12H,7,10H2,1-2H3,(H,24,26). The van der Waals surface area contributed by atoms with Crippen molar-refractivity contribution in [3.05, 3.63) is 75.8 Å². The lowest BCUT2D eigenvalue weighted by Gasteiger charge is -2.15. The van der Waals surface area contributed by atoms with Gasteiger partial charge in [-0.05, 0) is 35.7 Å². The van der Waals surface area contributed by atoms with E-state index in [1.165, 1.54) is 0 Å². The minimum absolute atomic E-state index is 0.178. The molecule has 0 spiro atoms. The molecular weight excluding hydrogens is 352 g/mol. The van der Waals surface area contributed by atoms with Crippen molar-refractivity contribution in [2.24, 2.45) is 5.92 Å². The molecule has 0 fully saturated rings. The number of fused-ring (bicyclic) bond motifs is 1. The van der Waals surface area contributed by atoms with Crippen LogP contribution in [-0.4, -0.2) is 15.6 Å². The Kier molecular flexibility index (Phi) is 5.30. The van der Waals surface area contributed by atoms with Gasteiger partial charge in [0.25, 0.3) is 5.56 Å². The minimum atomic E-state index is -0.761. The largest absolute Gasteiger partial charge is 0.280 e. The summed E-state index contributed by atoms with van der Waals surface area (Å²) in [7, 11) is 0. The van der Waals surface area contributed by atoms with Crippen molar-refractivity contribution in [3.8, 4) is 0 Å². The highest BCUT2D eigenvalue weighted by Gasteiger charge is 2.15. The lowest BCUT2D eigenvalue weighted by Crippen LogP contribution is -2.37. The molecule has 0 unspecified atom stereocenters. The Labute approximate surface area is 154 Å². The Morgan fingerprint density at radius 1 is 1.15 bits per heavy atom. The summed E-state index contributed by atoms with van der Waals surface area (Å²) in [6, 6.07) is 9.78. The molecular formula is C20H19F2N3O2. The Balaban J connectivity index is 1.95. The van der Waals surface area contributed by atoms with Crippen LogP contribution < -0.4 is 11.0 Å². The maximum absolute atomic E-state index is 13.3. The highest BCUT2D eigenvalue weighted by atomic mass is 19.1. The summed E-state index contributed by atoms with van der Waals surface area (Å²) < 4.78 is 27.8. The topological polar surface area (TPSA) is 64.0 Å². The van der Waals surface area contributed by atoms with Crippen LogP contribution in [0.4, 0.5) is 8.78 Å². The number of hydrogen-bond donors (Lipinski definition) is 1. The van der Waals surface area contributed by atoms with Gasteiger partial charge in [0, 0.05) is 12.5 Å². The van der Waals surface area contributed by atoms with Crippen LogP contribution >= 0.6 is 0 Å². The summed E-state index contributed by atoms with van der Waals surface area (Å²) in [6.07, 6.45) is 0.212. The molecule has 2 aromatic carbocycles. The van der Waals surface area contributed by atoms with Gasteiger partial charge in [-0.3, -0.25) is 15.0 Å². The molecule has 3 rings (SSSR count). The van der Waals surface area contributed by atoms with E-state index in [4.69, 9.17) is 0 Å². The molecule has 0 radical (unpaired) electrons. The number of halogens is 2. The van der Waals surface area contributed by atoms with Gasteiger partial charge in [0.05, 0.1) is 17.3 Å². The van der Waals surface area contributed by atoms with Gasteiger partial charge in [0.2, 0.25) is 5.91 Å². The van der Waals surface area contributed by atoms with Gasteiger partial charge in [0.1, 0.15) is 17.5 Å². The number of rotatable bonds is 5. The van der Waals surface area contributed by atoms with Crippen LogP contribution in [0.1, 0.15) is 25.2 Å². The van der Waals surface area contributed by atoms with Gasteiger partial charge < -0.3 is 0 Å². The number of nitrogens with zero attached hydrogens (tertiary/aromatic N) is 2. The Bertz CT molecular complexity index is 1040. The van der Waals surface area contributed by atoms with Crippen LogP contribution in [0.3, 0.4) is 0 Å². The van der Waals surface area contributed by atoms with E-state index in [-0.39, 0.29) is 17.9 Å². The quantitative estimate of drug-likeness (QED) is 0.749. The van der Waals surface area contributed by atoms with Gasteiger partial charge in [-0.2, -0.15) is 0 Å². The number of aromatic nitrogens is 2. The molecule has 5 nitrogen and oxygen atoms in total. The van der Waals surface area contributed by atoms with E-state index in [2.05, 4.69) is 10.4 Å². The number of carbonyl (C=O) groups is 1. The third-order valence-electron chi connectivity index (χ3n) is 3.96. The zero-order valence-electron chi connectivity index (χ0n) is 15.0. The van der Waals surface area contributed by atoms with Crippen molar-refractivity contribution >= 4 is 16.8 Å². The number of benzene rings is 2. The highest BCUT2D eigenvalue weighted by molar-refractivity contribution is 5.86. The first-order valence-corrected chi connectivity index (χ1v) is 8.59. The highest BCUT2D eigenvalue weighted by Crippen LogP contribution is 2.12. The number of para-hydroxylation sites is 1. The van der Waals surface area contributed by atoms with E-state index < -0.39 is 23.1 Å². The Morgan fingerprint density at radius 2 is 1.81 bits per heavy atom. The summed E-state index contributed by atoms with van der Waals surface area (Å²) in [5.41, 5.74) is 2.86. The van der Waals surface area contributed by atoms with Crippen LogP contribution in [0.15, 0.2) is 47.3 Å². The summed E-state index contributed by atoms with van der Waals surface area (Å²) in [4.78, 5) is 29.7. The zero-order chi connectivity index (χ0) is 19.6. The summed E-state index contributed by atoms with van der Waals surface area (Å²) in [5, 5.41) is 0.377. The molecule has 1 N–H and O–H groups in total. The van der Waals surface area contributed by atoms with E-state index in [9.17, 15) is 18.4 Å². The minimum Gasteiger partial charge on any atom is -0.273 e. The van der Waals surface area contributed by atoms with E-state index in [1.54, 1.807) is 24.3 Å². The molecule has 1 aromatic heterocycles. The number of carbonyl (C=O) groups excluding carboxylic acids is 1. The van der Waals surface area contributed by atoms with Gasteiger partial charge in [0.15, 0.2) is 0 Å². The van der Waals surface area contributed by atoms with E-state index in [1.807, 2.05) is 13.8 Å². The van der Waals surface area contributed by atoms with Gasteiger partial charge in [-0.1, -0.05) is 26.0 Å². The molecule has 7 heteroatoms. The number of hydrogen-bond acceptors (Lipinski definition) is 3. The summed E-state index contributed by atoms with van der Waals surface area (Å²) in [5.74, 6) is -1.46. The monoisotopic (exact) mass is 371 g/mol. The Morgan fingerprint density at radius 3 is 2.48 bits per heavy atom. The van der Waals surface area contributed by atoms with Crippen molar-refractivity contribution in [2.45, 2.75) is 26.7 Å². The third kappa shape index (κ3) is 4.36. The van der Waals surface area contributed by atoms with Crippen molar-refractivity contribution in [1.82, 2.24) is 9.66 Å². The fraction of sp³-hybridized carbons (Fsp3) is 0.250. The molecule has 3 aromatic rings. The molecule has 0 saturated heterocycles. The SMILES string of the molecule is CC(C)Cc1nc2ccccc2c(=O)n1NC(=O)Cc1cc(F)cc(F)c1. The third-order valence-corrected chi connectivity index (χ3v) is 3.96. The molecule has 0 aliphatic carbocycles. The first kappa shape index (κ1) is 18.7. The van der Waals surface area contributed by atoms with Gasteiger partial charge >= 0.3 is 0 Å². The fourth-order valence-corrected chi connectivity index (χ4v) is 2.86. The second-order valence-corrected chi connectivity index (χ2v) is 6.77. The lowest BCUT2D eigenvalue weighted by atomic mass is 10.1. The van der Waals surface area contributed by atoms with Crippen LogP contribution in [0, 0.1) is 17.6 Å². The predicted octanol–water partition coefficient (Wildman–Crippen LogP) is 3.19. The number of nitrogens with one attached hydrogen (secondary N) is 1. The van der Waals surface area contributed by atoms with Crippen molar-refractivity contribution < 1.29 is 13.6 Å². The first-order valence-electron chi connectivity index (χ1n) is 8.59. The van der Waals surface area contributed by atoms with Crippen LogP contribution in [-0.2, 0) is 17.6 Å². The average Bonchev–Trinajstić information content (AvgIpc) is 2.57. The fourth-order valence-electron chi connectivity index (χ4n) is 2.86. The summed E-state index contributed by atoms with van der Waals surface area (Å²) in [6.45, 7) is 3.95. The summed E-state index contributed by atoms with van der Waals surface area (Å²) >= 11 is 0. The molecule has 27 heavy (non-hydrogen) atoms. The van der Waals surface area contributed by atoms with Crippen LogP contribution in [0.5, 0.6) is 0 Å². The Hall–Kier alpha value is -3.09. The number of amides is 1. The normalized spacial score (nSPS) is 11.1. The van der Waals surface area contributed by atoms with Crippen LogP contribution in [0.2, 0.25) is 0 Å². The van der Waals surface area contributed by atoms with E-state index >= 15 is 0 Å². The molecule has 1 amide bonds. The molecule has 0 saturated carbocycles. The molecule has 0 atom stereocenters. The molecule has 0 aliphatic heterocycles.